The van der Waals surface area contributed by atoms with E-state index in [1.165, 1.54) is 0 Å². The van der Waals surface area contributed by atoms with Gasteiger partial charge in [0.05, 0.1) is 17.0 Å². The lowest BCUT2D eigenvalue weighted by molar-refractivity contribution is -0.137. The fourth-order valence-electron chi connectivity index (χ4n) is 3.45. The molecule has 6 nitrogen and oxygen atoms in total. The Hall–Kier alpha value is -2.14. The smallest absolute Gasteiger partial charge is 0.352 e. The summed E-state index contributed by atoms with van der Waals surface area (Å²) in [6.45, 7) is 1.76. The molecule has 0 bridgehead atoms. The third-order valence-corrected chi connectivity index (χ3v) is 6.82. The van der Waals surface area contributed by atoms with E-state index in [2.05, 4.69) is 14.9 Å². The minimum absolute atomic E-state index is 0.0953. The molecule has 1 saturated heterocycles. The van der Waals surface area contributed by atoms with Gasteiger partial charge >= 0.3 is 6.18 Å². The maximum atomic E-state index is 12.8. The standard InChI is InChI=1S/C21H23ClF3N3O3S/c22-17-6-4-15(5-7-17)14-28-10-8-18(9-11-28)27-20(29)13-26-32(30,31)19-3-1-2-16(12-19)21(23,24)25/h1-7,12,18,26H,8-11,13-14H2,(H,27,29). The zero-order chi connectivity index (χ0) is 23.4. The molecule has 11 heteroatoms. The molecule has 0 aromatic heterocycles. The monoisotopic (exact) mass is 489 g/mol. The SMILES string of the molecule is O=C(CNS(=O)(=O)c1cccc(C(F)(F)F)c1)NC1CCN(Cc2ccc(Cl)cc2)CC1. The van der Waals surface area contributed by atoms with Gasteiger partial charge < -0.3 is 5.32 Å². The average Bonchev–Trinajstić information content (AvgIpc) is 2.75. The minimum atomic E-state index is -4.66. The molecule has 3 rings (SSSR count). The molecule has 2 N–H and O–H groups in total. The highest BCUT2D eigenvalue weighted by atomic mass is 35.5. The summed E-state index contributed by atoms with van der Waals surface area (Å²) in [5.41, 5.74) is 0.0658. The van der Waals surface area contributed by atoms with Gasteiger partial charge in [0.15, 0.2) is 0 Å². The number of likely N-dealkylation sites (tertiary alicyclic amines) is 1. The van der Waals surface area contributed by atoms with Crippen molar-refractivity contribution in [3.05, 3.63) is 64.7 Å². The molecular formula is C21H23ClF3N3O3S. The highest BCUT2D eigenvalue weighted by Gasteiger charge is 2.31. The molecule has 2 aromatic rings. The number of carbonyl (C=O) groups excluding carboxylic acids is 1. The lowest BCUT2D eigenvalue weighted by Gasteiger charge is -2.32. The van der Waals surface area contributed by atoms with Crippen LogP contribution in [-0.4, -0.2) is 44.9 Å². The van der Waals surface area contributed by atoms with Crippen LogP contribution in [0.3, 0.4) is 0 Å². The van der Waals surface area contributed by atoms with Gasteiger partial charge in [0.1, 0.15) is 0 Å². The number of hydrogen-bond donors (Lipinski definition) is 2. The van der Waals surface area contributed by atoms with Gasteiger partial charge in [-0.15, -0.1) is 0 Å². The zero-order valence-corrected chi connectivity index (χ0v) is 18.6. The first-order valence-corrected chi connectivity index (χ1v) is 11.8. The Labute approximate surface area is 189 Å². The van der Waals surface area contributed by atoms with Gasteiger partial charge in [-0.2, -0.15) is 13.2 Å². The van der Waals surface area contributed by atoms with Crippen LogP contribution in [0.15, 0.2) is 53.4 Å². The molecule has 0 saturated carbocycles. The van der Waals surface area contributed by atoms with Crippen LogP contribution in [0.2, 0.25) is 5.02 Å². The van der Waals surface area contributed by atoms with Crippen LogP contribution in [0, 0.1) is 0 Å². The van der Waals surface area contributed by atoms with E-state index in [1.54, 1.807) is 0 Å². The van der Waals surface area contributed by atoms with Crippen molar-refractivity contribution in [2.75, 3.05) is 19.6 Å². The number of halogens is 4. The van der Waals surface area contributed by atoms with E-state index in [0.29, 0.717) is 23.9 Å². The quantitative estimate of drug-likeness (QED) is 0.624. The third kappa shape index (κ3) is 6.93. The van der Waals surface area contributed by atoms with Gasteiger partial charge in [-0.25, -0.2) is 13.1 Å². The molecule has 174 valence electrons. The van der Waals surface area contributed by atoms with E-state index in [4.69, 9.17) is 11.6 Å². The first-order valence-electron chi connectivity index (χ1n) is 9.96. The number of piperidine rings is 1. The Balaban J connectivity index is 1.45. The van der Waals surface area contributed by atoms with E-state index < -0.39 is 39.1 Å². The number of carbonyl (C=O) groups is 1. The van der Waals surface area contributed by atoms with E-state index in [9.17, 15) is 26.4 Å². The Kier molecular flexibility index (Phi) is 7.81. The van der Waals surface area contributed by atoms with Gasteiger partial charge in [0.2, 0.25) is 15.9 Å². The summed E-state index contributed by atoms with van der Waals surface area (Å²) < 4.78 is 65.0. The molecule has 0 radical (unpaired) electrons. The summed E-state index contributed by atoms with van der Waals surface area (Å²) in [7, 11) is -4.25. The fourth-order valence-corrected chi connectivity index (χ4v) is 4.60. The van der Waals surface area contributed by atoms with E-state index in [-0.39, 0.29) is 6.04 Å². The van der Waals surface area contributed by atoms with Gasteiger partial charge in [0.25, 0.3) is 0 Å². The highest BCUT2D eigenvalue weighted by molar-refractivity contribution is 7.89. The normalized spacial score (nSPS) is 16.1. The van der Waals surface area contributed by atoms with Crippen molar-refractivity contribution in [3.63, 3.8) is 0 Å². The van der Waals surface area contributed by atoms with Crippen molar-refractivity contribution >= 4 is 27.5 Å². The van der Waals surface area contributed by atoms with E-state index >= 15 is 0 Å². The van der Waals surface area contributed by atoms with Crippen LogP contribution in [0.5, 0.6) is 0 Å². The Morgan fingerprint density at radius 1 is 1.09 bits per heavy atom. The second-order valence-corrected chi connectivity index (χ2v) is 9.80. The molecule has 0 spiro atoms. The highest BCUT2D eigenvalue weighted by Crippen LogP contribution is 2.30. The third-order valence-electron chi connectivity index (χ3n) is 5.17. The molecule has 32 heavy (non-hydrogen) atoms. The second kappa shape index (κ2) is 10.2. The predicted molar refractivity (Wildman–Crippen MR) is 115 cm³/mol. The number of benzene rings is 2. The molecule has 1 amide bonds. The van der Waals surface area contributed by atoms with Crippen molar-refractivity contribution in [2.45, 2.75) is 36.5 Å². The van der Waals surface area contributed by atoms with Crippen LogP contribution in [0.1, 0.15) is 24.0 Å². The Bertz CT molecular complexity index is 1040. The second-order valence-electron chi connectivity index (χ2n) is 7.59. The van der Waals surface area contributed by atoms with Crippen LogP contribution < -0.4 is 10.0 Å². The summed E-state index contributed by atoms with van der Waals surface area (Å²) >= 11 is 5.89. The lowest BCUT2D eigenvalue weighted by atomic mass is 10.0. The molecule has 0 aliphatic carbocycles. The van der Waals surface area contributed by atoms with Gasteiger partial charge in [-0.1, -0.05) is 29.8 Å². The number of hydrogen-bond acceptors (Lipinski definition) is 4. The largest absolute Gasteiger partial charge is 0.416 e. The average molecular weight is 490 g/mol. The van der Waals surface area contributed by atoms with Gasteiger partial charge in [-0.05, 0) is 48.7 Å². The van der Waals surface area contributed by atoms with E-state index in [1.807, 2.05) is 24.3 Å². The van der Waals surface area contributed by atoms with E-state index in [0.717, 1.165) is 43.4 Å². The first kappa shape index (κ1) is 24.5. The van der Waals surface area contributed by atoms with Gasteiger partial charge in [-0.3, -0.25) is 9.69 Å². The molecule has 2 aromatic carbocycles. The number of alkyl halides is 3. The number of amides is 1. The number of nitrogens with one attached hydrogen (secondary N) is 2. The van der Waals surface area contributed by atoms with Crippen molar-refractivity contribution in [2.24, 2.45) is 0 Å². The van der Waals surface area contributed by atoms with Crippen molar-refractivity contribution < 1.29 is 26.4 Å². The molecule has 0 atom stereocenters. The molecule has 0 unspecified atom stereocenters. The van der Waals surface area contributed by atoms with Crippen LogP contribution in [0.4, 0.5) is 13.2 Å². The molecule has 1 fully saturated rings. The Morgan fingerprint density at radius 3 is 2.38 bits per heavy atom. The number of sulfonamides is 1. The van der Waals surface area contributed by atoms with Crippen molar-refractivity contribution in [1.29, 1.82) is 0 Å². The lowest BCUT2D eigenvalue weighted by Crippen LogP contribution is -2.47. The summed E-state index contributed by atoms with van der Waals surface area (Å²) in [4.78, 5) is 13.9. The van der Waals surface area contributed by atoms with Crippen molar-refractivity contribution in [3.8, 4) is 0 Å². The van der Waals surface area contributed by atoms with Crippen LogP contribution >= 0.6 is 11.6 Å². The van der Waals surface area contributed by atoms with Crippen molar-refractivity contribution in [1.82, 2.24) is 14.9 Å². The molecule has 1 aliphatic rings. The predicted octanol–water partition coefficient (Wildman–Crippen LogP) is 3.42. The summed E-state index contributed by atoms with van der Waals surface area (Å²) in [5, 5.41) is 3.46. The van der Waals surface area contributed by atoms with Gasteiger partial charge in [0, 0.05) is 30.7 Å². The number of rotatable bonds is 7. The topological polar surface area (TPSA) is 78.5 Å². The number of nitrogens with zero attached hydrogens (tertiary/aromatic N) is 1. The zero-order valence-electron chi connectivity index (χ0n) is 17.0. The van der Waals surface area contributed by atoms with Crippen LogP contribution in [0.25, 0.3) is 0 Å². The Morgan fingerprint density at radius 2 is 1.75 bits per heavy atom. The van der Waals surface area contributed by atoms with Crippen LogP contribution in [-0.2, 0) is 27.5 Å². The fraction of sp³-hybridized carbons (Fsp3) is 0.381. The molecule has 1 aliphatic heterocycles. The maximum Gasteiger partial charge on any atom is 0.416 e. The summed E-state index contributed by atoms with van der Waals surface area (Å²) in [5.74, 6) is -0.531. The molecular weight excluding hydrogens is 467 g/mol. The maximum absolute atomic E-state index is 12.8. The molecule has 1 heterocycles. The summed E-state index contributed by atoms with van der Waals surface area (Å²) in [6, 6.07) is 10.9. The first-order chi connectivity index (χ1) is 15.0. The minimum Gasteiger partial charge on any atom is -0.352 e. The summed E-state index contributed by atoms with van der Waals surface area (Å²) in [6.07, 6.45) is -3.25.